The predicted molar refractivity (Wildman–Crippen MR) is 36.5 cm³/mol. The highest BCUT2D eigenvalue weighted by atomic mass is 32.1. The van der Waals surface area contributed by atoms with Gasteiger partial charge in [-0.1, -0.05) is 0 Å². The number of nitrogens with two attached hydrogens (primary N) is 1. The summed E-state index contributed by atoms with van der Waals surface area (Å²) in [4.78, 5) is 14.3. The van der Waals surface area contributed by atoms with Crippen LogP contribution < -0.4 is 5.73 Å². The number of rotatable bonds is 1. The summed E-state index contributed by atoms with van der Waals surface area (Å²) in [6.45, 7) is 1.47. The summed E-state index contributed by atoms with van der Waals surface area (Å²) in [5, 5.41) is 2.10. The molecule has 0 fully saturated rings. The first-order valence-electron chi connectivity index (χ1n) is 2.42. The lowest BCUT2D eigenvalue weighted by Gasteiger charge is -1.80. The lowest BCUT2D eigenvalue weighted by molar-refractivity contribution is 0.101. The number of thiazole rings is 1. The van der Waals surface area contributed by atoms with Crippen molar-refractivity contribution in [1.29, 1.82) is 0 Å². The van der Waals surface area contributed by atoms with Gasteiger partial charge in [-0.15, -0.1) is 11.3 Å². The van der Waals surface area contributed by atoms with Crippen LogP contribution in [-0.4, -0.2) is 10.8 Å². The van der Waals surface area contributed by atoms with Gasteiger partial charge in [-0.25, -0.2) is 4.98 Å². The molecule has 0 amide bonds. The number of hydrogen-bond donors (Lipinski definition) is 1. The monoisotopic (exact) mass is 142 g/mol. The van der Waals surface area contributed by atoms with Crippen LogP contribution in [0.4, 0.5) is 5.13 Å². The first-order valence-corrected chi connectivity index (χ1v) is 3.30. The van der Waals surface area contributed by atoms with Gasteiger partial charge < -0.3 is 5.73 Å². The fourth-order valence-corrected chi connectivity index (χ4v) is 1.05. The minimum absolute atomic E-state index is 0.0389. The van der Waals surface area contributed by atoms with Crippen molar-refractivity contribution >= 4 is 22.3 Å². The van der Waals surface area contributed by atoms with E-state index in [9.17, 15) is 4.79 Å². The Bertz CT molecular complexity index is 231. The zero-order chi connectivity index (χ0) is 6.85. The molecule has 2 N–H and O–H groups in total. The lowest BCUT2D eigenvalue weighted by atomic mass is 10.4. The van der Waals surface area contributed by atoms with E-state index in [-0.39, 0.29) is 5.78 Å². The first-order chi connectivity index (χ1) is 4.20. The molecule has 0 bridgehead atoms. The van der Waals surface area contributed by atoms with E-state index in [4.69, 9.17) is 5.73 Å². The summed E-state index contributed by atoms with van der Waals surface area (Å²) >= 11 is 1.28. The minimum atomic E-state index is -0.0389. The molecule has 0 radical (unpaired) electrons. The van der Waals surface area contributed by atoms with Crippen molar-refractivity contribution in [2.75, 3.05) is 5.73 Å². The molecule has 0 unspecified atom stereocenters. The Morgan fingerprint density at radius 2 is 2.56 bits per heavy atom. The van der Waals surface area contributed by atoms with Crippen LogP contribution in [0.15, 0.2) is 5.38 Å². The third kappa shape index (κ3) is 1.26. The van der Waals surface area contributed by atoms with Gasteiger partial charge in [0.15, 0.2) is 10.9 Å². The van der Waals surface area contributed by atoms with E-state index in [1.54, 1.807) is 5.38 Å². The summed E-state index contributed by atoms with van der Waals surface area (Å²) in [5.41, 5.74) is 5.73. The van der Waals surface area contributed by atoms with E-state index in [0.29, 0.717) is 10.8 Å². The van der Waals surface area contributed by atoms with Gasteiger partial charge in [-0.05, 0) is 0 Å². The van der Waals surface area contributed by atoms with Gasteiger partial charge in [0.1, 0.15) is 5.69 Å². The number of nitrogens with zero attached hydrogens (tertiary/aromatic N) is 1. The standard InChI is InChI=1S/C5H6N2OS/c1-3(8)4-2-9-5(6)7-4/h2H,1H3,(H2,6,7). The number of aromatic nitrogens is 1. The van der Waals surface area contributed by atoms with Gasteiger partial charge in [-0.3, -0.25) is 4.79 Å². The number of carbonyl (C=O) groups is 1. The topological polar surface area (TPSA) is 56.0 Å². The van der Waals surface area contributed by atoms with E-state index < -0.39 is 0 Å². The lowest BCUT2D eigenvalue weighted by Crippen LogP contribution is -1.92. The molecule has 0 aromatic carbocycles. The van der Waals surface area contributed by atoms with Crippen molar-refractivity contribution in [3.8, 4) is 0 Å². The summed E-state index contributed by atoms with van der Waals surface area (Å²) in [5.74, 6) is -0.0389. The normalized spacial score (nSPS) is 9.44. The van der Waals surface area contributed by atoms with Crippen molar-refractivity contribution in [3.63, 3.8) is 0 Å². The molecule has 4 heteroatoms. The largest absolute Gasteiger partial charge is 0.375 e. The second-order valence-electron chi connectivity index (χ2n) is 1.63. The molecule has 0 aliphatic rings. The van der Waals surface area contributed by atoms with Crippen LogP contribution in [0, 0.1) is 0 Å². The van der Waals surface area contributed by atoms with Crippen LogP contribution in [0.3, 0.4) is 0 Å². The number of carbonyl (C=O) groups excluding carboxylic acids is 1. The van der Waals surface area contributed by atoms with Gasteiger partial charge in [0.25, 0.3) is 0 Å². The fourth-order valence-electron chi connectivity index (χ4n) is 0.449. The van der Waals surface area contributed by atoms with Crippen LogP contribution >= 0.6 is 11.3 Å². The number of hydrogen-bond acceptors (Lipinski definition) is 4. The summed E-state index contributed by atoms with van der Waals surface area (Å²) in [7, 11) is 0. The Morgan fingerprint density at radius 3 is 2.78 bits per heavy atom. The second-order valence-corrected chi connectivity index (χ2v) is 2.52. The summed E-state index contributed by atoms with van der Waals surface area (Å²) < 4.78 is 0. The Kier molecular flexibility index (Phi) is 1.48. The molecule has 1 heterocycles. The van der Waals surface area contributed by atoms with E-state index in [1.807, 2.05) is 0 Å². The smallest absolute Gasteiger partial charge is 0.180 e. The third-order valence-electron chi connectivity index (χ3n) is 0.883. The summed E-state index contributed by atoms with van der Waals surface area (Å²) in [6, 6.07) is 0. The van der Waals surface area contributed by atoms with Crippen LogP contribution in [-0.2, 0) is 0 Å². The maximum Gasteiger partial charge on any atom is 0.180 e. The van der Waals surface area contributed by atoms with Gasteiger partial charge in [0.2, 0.25) is 0 Å². The van der Waals surface area contributed by atoms with Gasteiger partial charge in [0.05, 0.1) is 0 Å². The van der Waals surface area contributed by atoms with Crippen molar-refractivity contribution in [1.82, 2.24) is 4.98 Å². The highest BCUT2D eigenvalue weighted by molar-refractivity contribution is 7.13. The molecule has 0 saturated carbocycles. The molecule has 1 aromatic rings. The molecule has 0 spiro atoms. The zero-order valence-corrected chi connectivity index (χ0v) is 5.73. The van der Waals surface area contributed by atoms with E-state index >= 15 is 0 Å². The molecular formula is C5H6N2OS. The molecule has 0 atom stereocenters. The van der Waals surface area contributed by atoms with Crippen molar-refractivity contribution in [2.24, 2.45) is 0 Å². The maximum atomic E-state index is 10.5. The van der Waals surface area contributed by atoms with Crippen LogP contribution in [0.25, 0.3) is 0 Å². The fraction of sp³-hybridized carbons (Fsp3) is 0.200. The highest BCUT2D eigenvalue weighted by Gasteiger charge is 2.01. The Hall–Kier alpha value is -0.900. The van der Waals surface area contributed by atoms with E-state index in [1.165, 1.54) is 18.3 Å². The number of Topliss-reactive ketones (excluding diaryl/α,β-unsaturated/α-hetero) is 1. The summed E-state index contributed by atoms with van der Waals surface area (Å²) in [6.07, 6.45) is 0. The minimum Gasteiger partial charge on any atom is -0.375 e. The predicted octanol–water partition coefficient (Wildman–Crippen LogP) is 0.928. The van der Waals surface area contributed by atoms with Crippen molar-refractivity contribution < 1.29 is 4.79 Å². The van der Waals surface area contributed by atoms with Gasteiger partial charge in [0, 0.05) is 12.3 Å². The van der Waals surface area contributed by atoms with E-state index in [0.717, 1.165) is 0 Å². The molecule has 1 aromatic heterocycles. The Labute approximate surface area is 56.5 Å². The van der Waals surface area contributed by atoms with Gasteiger partial charge >= 0.3 is 0 Å². The highest BCUT2D eigenvalue weighted by Crippen LogP contribution is 2.10. The average Bonchev–Trinajstić information content (AvgIpc) is 2.14. The SMILES string of the molecule is CC(=O)c1csc(N)n1. The first kappa shape index (κ1) is 6.22. The molecule has 48 valence electrons. The maximum absolute atomic E-state index is 10.5. The zero-order valence-electron chi connectivity index (χ0n) is 4.92. The molecule has 9 heavy (non-hydrogen) atoms. The molecule has 0 aliphatic carbocycles. The number of anilines is 1. The van der Waals surface area contributed by atoms with Crippen molar-refractivity contribution in [3.05, 3.63) is 11.1 Å². The third-order valence-corrected chi connectivity index (χ3v) is 1.56. The molecule has 1 rings (SSSR count). The van der Waals surface area contributed by atoms with Gasteiger partial charge in [-0.2, -0.15) is 0 Å². The Morgan fingerprint density at radius 1 is 1.89 bits per heavy atom. The van der Waals surface area contributed by atoms with Crippen molar-refractivity contribution in [2.45, 2.75) is 6.92 Å². The number of ketones is 1. The second kappa shape index (κ2) is 2.14. The molecule has 0 aliphatic heterocycles. The van der Waals surface area contributed by atoms with Crippen LogP contribution in [0.5, 0.6) is 0 Å². The van der Waals surface area contributed by atoms with Crippen LogP contribution in [0.1, 0.15) is 17.4 Å². The quantitative estimate of drug-likeness (QED) is 0.593. The van der Waals surface area contributed by atoms with Crippen LogP contribution in [0.2, 0.25) is 0 Å². The molecule has 0 saturated heterocycles. The molecule has 3 nitrogen and oxygen atoms in total. The Balaban J connectivity index is 2.98. The number of nitrogen functional groups attached to an aromatic ring is 1. The van der Waals surface area contributed by atoms with E-state index in [2.05, 4.69) is 4.98 Å². The average molecular weight is 142 g/mol. The molecular weight excluding hydrogens is 136 g/mol.